The number of amides is 1. The van der Waals surface area contributed by atoms with Gasteiger partial charge in [0.05, 0.1) is 0 Å². The van der Waals surface area contributed by atoms with Crippen LogP contribution in [0.1, 0.15) is 45.1 Å². The number of hydrogen-bond acceptors (Lipinski definition) is 3. The molecule has 0 radical (unpaired) electrons. The summed E-state index contributed by atoms with van der Waals surface area (Å²) in [6, 6.07) is 8.14. The summed E-state index contributed by atoms with van der Waals surface area (Å²) < 4.78 is 5.50. The summed E-state index contributed by atoms with van der Waals surface area (Å²) in [5.41, 5.74) is 2.22. The van der Waals surface area contributed by atoms with Crippen molar-refractivity contribution in [1.29, 1.82) is 0 Å². The van der Waals surface area contributed by atoms with Crippen LogP contribution in [-0.4, -0.2) is 36.7 Å². The van der Waals surface area contributed by atoms with Crippen LogP contribution in [-0.2, 0) is 11.2 Å². The molecule has 1 aromatic carbocycles. The lowest BCUT2D eigenvalue weighted by atomic mass is 10.1. The Bertz CT molecular complexity index is 453. The molecule has 122 valence electrons. The highest BCUT2D eigenvalue weighted by Crippen LogP contribution is 2.10. The number of aryl methyl sites for hydroxylation is 1. The second-order valence-corrected chi connectivity index (χ2v) is 6.24. The molecule has 2 rings (SSSR count). The zero-order valence-electron chi connectivity index (χ0n) is 13.9. The Hall–Kier alpha value is -1.39. The van der Waals surface area contributed by atoms with Gasteiger partial charge in [-0.2, -0.15) is 4.79 Å². The maximum Gasteiger partial charge on any atom is 0.518 e. The van der Waals surface area contributed by atoms with E-state index in [1.807, 2.05) is 19.1 Å². The van der Waals surface area contributed by atoms with Crippen molar-refractivity contribution in [1.82, 2.24) is 4.90 Å². The van der Waals surface area contributed by atoms with Gasteiger partial charge in [-0.1, -0.05) is 31.9 Å². The number of rotatable bonds is 6. The Kier molecular flexibility index (Phi) is 6.87. The molecule has 1 saturated heterocycles. The van der Waals surface area contributed by atoms with E-state index in [1.54, 1.807) is 5.32 Å². The molecule has 0 bridgehead atoms. The molecule has 1 heterocycles. The molecule has 1 aliphatic rings. The predicted octanol–water partition coefficient (Wildman–Crippen LogP) is 2.85. The van der Waals surface area contributed by atoms with E-state index in [0.29, 0.717) is 0 Å². The number of nitrogens with zero attached hydrogens (tertiary/aromatic N) is 1. The van der Waals surface area contributed by atoms with Gasteiger partial charge in [-0.25, -0.2) is 5.32 Å². The van der Waals surface area contributed by atoms with Gasteiger partial charge < -0.3 is 4.74 Å². The van der Waals surface area contributed by atoms with E-state index in [0.717, 1.165) is 38.2 Å². The number of piperidine rings is 1. The zero-order valence-corrected chi connectivity index (χ0v) is 13.9. The predicted molar refractivity (Wildman–Crippen MR) is 88.3 cm³/mol. The van der Waals surface area contributed by atoms with E-state index in [1.165, 1.54) is 24.8 Å². The minimum absolute atomic E-state index is 0.0544. The molecule has 1 aromatic rings. The normalized spacial score (nSPS) is 17.2. The Balaban J connectivity index is 1.74. The van der Waals surface area contributed by atoms with Crippen LogP contribution in [0.15, 0.2) is 24.3 Å². The Morgan fingerprint density at radius 3 is 2.55 bits per heavy atom. The number of benzene rings is 1. The molecule has 1 fully saturated rings. The minimum Gasteiger partial charge on any atom is -0.415 e. The van der Waals surface area contributed by atoms with Gasteiger partial charge in [0.15, 0.2) is 0 Å². The molecule has 0 aliphatic carbocycles. The minimum atomic E-state index is -0.243. The van der Waals surface area contributed by atoms with Gasteiger partial charge in [0.25, 0.3) is 0 Å². The lowest BCUT2D eigenvalue weighted by Crippen LogP contribution is -2.82. The van der Waals surface area contributed by atoms with Crippen LogP contribution in [0.4, 0.5) is 10.5 Å². The number of nitrogens with two attached hydrogens (primary N) is 1. The van der Waals surface area contributed by atoms with Crippen molar-refractivity contribution in [2.45, 2.75) is 52.1 Å². The molecular weight excluding hydrogens is 276 g/mol. The molecule has 1 amide bonds. The quantitative estimate of drug-likeness (QED) is 0.822. The van der Waals surface area contributed by atoms with Crippen LogP contribution in [0.2, 0.25) is 0 Å². The summed E-state index contributed by atoms with van der Waals surface area (Å²) in [5, 5.41) is 1.59. The lowest BCUT2D eigenvalue weighted by molar-refractivity contribution is -0.484. The van der Waals surface area contributed by atoms with Gasteiger partial charge in [0.1, 0.15) is 11.8 Å². The Morgan fingerprint density at radius 2 is 1.91 bits per heavy atom. The Labute approximate surface area is 133 Å². The molecule has 0 spiro atoms. The standard InChI is InChI=1S/C18H28N2O2/c1-3-7-16-8-10-17(11-9-16)19-18(21)22-15(2)14-20-12-5-4-6-13-20/h8-11,15H,3-7,12-14H2,1-2H3,(H,19,21)/p+1/t15-/m0/s1. The summed E-state index contributed by atoms with van der Waals surface area (Å²) in [4.78, 5) is 14.4. The summed E-state index contributed by atoms with van der Waals surface area (Å²) in [7, 11) is 0. The lowest BCUT2D eigenvalue weighted by Gasteiger charge is -2.28. The first-order valence-electron chi connectivity index (χ1n) is 8.54. The van der Waals surface area contributed by atoms with Crippen molar-refractivity contribution in [3.05, 3.63) is 29.8 Å². The van der Waals surface area contributed by atoms with Crippen LogP contribution >= 0.6 is 0 Å². The Morgan fingerprint density at radius 1 is 1.23 bits per heavy atom. The SMILES string of the molecule is CCCc1ccc([NH2+]C(=O)O[C@@H](C)CN2CCCCC2)cc1. The first-order chi connectivity index (χ1) is 10.7. The third kappa shape index (κ3) is 5.78. The third-order valence-corrected chi connectivity index (χ3v) is 4.08. The van der Waals surface area contributed by atoms with Crippen LogP contribution in [0.25, 0.3) is 0 Å². The number of quaternary nitrogens is 1. The van der Waals surface area contributed by atoms with Crippen molar-refractivity contribution in [2.24, 2.45) is 0 Å². The highest BCUT2D eigenvalue weighted by Gasteiger charge is 2.18. The average molecular weight is 305 g/mol. The molecule has 0 unspecified atom stereocenters. The van der Waals surface area contributed by atoms with E-state index in [2.05, 4.69) is 24.0 Å². The van der Waals surface area contributed by atoms with Crippen LogP contribution in [0, 0.1) is 0 Å². The topological polar surface area (TPSA) is 46.1 Å². The van der Waals surface area contributed by atoms with E-state index in [-0.39, 0.29) is 12.2 Å². The van der Waals surface area contributed by atoms with E-state index in [4.69, 9.17) is 4.74 Å². The monoisotopic (exact) mass is 305 g/mol. The number of likely N-dealkylation sites (tertiary alicyclic amines) is 1. The molecule has 0 aromatic heterocycles. The van der Waals surface area contributed by atoms with Crippen LogP contribution < -0.4 is 5.32 Å². The van der Waals surface area contributed by atoms with E-state index < -0.39 is 0 Å². The smallest absolute Gasteiger partial charge is 0.415 e. The van der Waals surface area contributed by atoms with Gasteiger partial charge in [-0.15, -0.1) is 0 Å². The summed E-state index contributed by atoms with van der Waals surface area (Å²) in [6.07, 6.45) is 5.77. The molecule has 0 saturated carbocycles. The second kappa shape index (κ2) is 8.91. The summed E-state index contributed by atoms with van der Waals surface area (Å²) >= 11 is 0. The number of primary amides is 1. The van der Waals surface area contributed by atoms with Gasteiger partial charge in [-0.05, 0) is 57.0 Å². The number of carbonyl (C=O) groups excluding carboxylic acids is 1. The fourth-order valence-corrected chi connectivity index (χ4v) is 2.98. The molecular formula is C18H29N2O2+. The third-order valence-electron chi connectivity index (χ3n) is 4.08. The van der Waals surface area contributed by atoms with E-state index in [9.17, 15) is 4.79 Å². The molecule has 1 atom stereocenters. The van der Waals surface area contributed by atoms with Gasteiger partial charge >= 0.3 is 6.09 Å². The zero-order chi connectivity index (χ0) is 15.8. The molecule has 4 nitrogen and oxygen atoms in total. The molecule has 2 N–H and O–H groups in total. The number of hydrogen-bond donors (Lipinski definition) is 1. The largest absolute Gasteiger partial charge is 0.518 e. The maximum atomic E-state index is 12.0. The molecule has 4 heteroatoms. The number of ether oxygens (including phenoxy) is 1. The molecule has 22 heavy (non-hydrogen) atoms. The highest BCUT2D eigenvalue weighted by molar-refractivity contribution is 5.59. The van der Waals surface area contributed by atoms with Crippen molar-refractivity contribution >= 4 is 11.8 Å². The van der Waals surface area contributed by atoms with Crippen molar-refractivity contribution in [3.8, 4) is 0 Å². The maximum absolute atomic E-state index is 12.0. The number of carbonyl (C=O) groups is 1. The average Bonchev–Trinajstić information content (AvgIpc) is 2.50. The van der Waals surface area contributed by atoms with Gasteiger partial charge in [0.2, 0.25) is 0 Å². The summed E-state index contributed by atoms with van der Waals surface area (Å²) in [5.74, 6) is 0. The van der Waals surface area contributed by atoms with Crippen molar-refractivity contribution < 1.29 is 14.8 Å². The van der Waals surface area contributed by atoms with Crippen molar-refractivity contribution in [3.63, 3.8) is 0 Å². The fourth-order valence-electron chi connectivity index (χ4n) is 2.98. The van der Waals surface area contributed by atoms with Gasteiger partial charge in [0, 0.05) is 6.54 Å². The second-order valence-electron chi connectivity index (χ2n) is 6.24. The van der Waals surface area contributed by atoms with Gasteiger partial charge in [-0.3, -0.25) is 4.90 Å². The first-order valence-corrected chi connectivity index (χ1v) is 8.54. The highest BCUT2D eigenvalue weighted by atomic mass is 16.6. The van der Waals surface area contributed by atoms with Crippen LogP contribution in [0.5, 0.6) is 0 Å². The van der Waals surface area contributed by atoms with Crippen molar-refractivity contribution in [2.75, 3.05) is 19.6 Å². The summed E-state index contributed by atoms with van der Waals surface area (Å²) in [6.45, 7) is 7.25. The first kappa shape index (κ1) is 17.0. The van der Waals surface area contributed by atoms with E-state index >= 15 is 0 Å². The fraction of sp³-hybridized carbons (Fsp3) is 0.611. The molecule has 1 aliphatic heterocycles. The van der Waals surface area contributed by atoms with Crippen LogP contribution in [0.3, 0.4) is 0 Å².